The van der Waals surface area contributed by atoms with Gasteiger partial charge in [0.15, 0.2) is 11.2 Å². The molecule has 0 radical (unpaired) electrons. The molecule has 4 aromatic heterocycles. The van der Waals surface area contributed by atoms with E-state index >= 15 is 0 Å². The topological polar surface area (TPSA) is 309 Å². The molecule has 2 unspecified atom stereocenters. The predicted octanol–water partition coefficient (Wildman–Crippen LogP) is 5.00. The third kappa shape index (κ3) is 13.3. The Morgan fingerprint density at radius 2 is 1.69 bits per heavy atom. The number of nitrogen functional groups attached to an aromatic ring is 1. The quantitative estimate of drug-likeness (QED) is 0.0252. The van der Waals surface area contributed by atoms with Crippen molar-refractivity contribution in [2.45, 2.75) is 90.6 Å². The monoisotopic (exact) mass is 957 g/mol. The molecule has 2 aromatic carbocycles. The molecular formula is C44H51N11O10S2. The molecule has 4 heterocycles. The lowest BCUT2D eigenvalue weighted by Crippen LogP contribution is -2.44. The Morgan fingerprint density at radius 1 is 0.940 bits per heavy atom. The second kappa shape index (κ2) is 22.5. The van der Waals surface area contributed by atoms with Crippen molar-refractivity contribution >= 4 is 96.2 Å². The summed E-state index contributed by atoms with van der Waals surface area (Å²) in [5.41, 5.74) is 8.75. The third-order valence-electron chi connectivity index (χ3n) is 10.2. The van der Waals surface area contributed by atoms with Gasteiger partial charge in [0, 0.05) is 41.0 Å². The van der Waals surface area contributed by atoms with Gasteiger partial charge in [0.1, 0.15) is 35.6 Å². The number of carboxylic acids is 2. The van der Waals surface area contributed by atoms with Crippen LogP contribution in [0.3, 0.4) is 0 Å². The molecule has 23 heteroatoms. The number of unbranched alkanes of at least 4 members (excludes halogenated alkanes) is 1. The van der Waals surface area contributed by atoms with Gasteiger partial charge in [-0.1, -0.05) is 53.1 Å². The van der Waals surface area contributed by atoms with Crippen molar-refractivity contribution in [3.05, 3.63) is 87.9 Å². The molecule has 0 saturated heterocycles. The number of anilines is 2. The van der Waals surface area contributed by atoms with E-state index in [1.165, 1.54) is 29.1 Å². The van der Waals surface area contributed by atoms with Crippen molar-refractivity contribution in [2.75, 3.05) is 29.2 Å². The summed E-state index contributed by atoms with van der Waals surface area (Å²) in [7, 11) is 2.38. The van der Waals surface area contributed by atoms with E-state index in [1.807, 2.05) is 31.2 Å². The first-order valence-electron chi connectivity index (χ1n) is 21.3. The number of hydrogen-bond acceptors (Lipinski definition) is 17. The maximum Gasteiger partial charge on any atom is 0.508 e. The molecule has 67 heavy (non-hydrogen) atoms. The second-order valence-electron chi connectivity index (χ2n) is 16.0. The van der Waals surface area contributed by atoms with E-state index in [9.17, 15) is 39.0 Å². The first-order chi connectivity index (χ1) is 32.0. The normalized spacial score (nSPS) is 12.4. The number of aryl methyl sites for hydroxylation is 2. The molecule has 2 amide bonds. The summed E-state index contributed by atoms with van der Waals surface area (Å²) in [6.07, 6.45) is 2.57. The van der Waals surface area contributed by atoms with Crippen molar-refractivity contribution in [1.82, 2.24) is 45.1 Å². The molecule has 2 atom stereocenters. The number of imidazole rings is 1. The molecule has 21 nitrogen and oxygen atoms in total. The maximum absolute atomic E-state index is 12.9. The van der Waals surface area contributed by atoms with Gasteiger partial charge < -0.3 is 45.9 Å². The number of nitrogens with zero attached hydrogens (tertiary/aromatic N) is 6. The Hall–Kier alpha value is -7.01. The molecule has 0 fully saturated rings. The van der Waals surface area contributed by atoms with Crippen molar-refractivity contribution in [3.8, 4) is 0 Å². The lowest BCUT2D eigenvalue weighted by molar-refractivity contribution is -0.142. The van der Waals surface area contributed by atoms with Crippen LogP contribution in [0.1, 0.15) is 74.0 Å². The van der Waals surface area contributed by atoms with Crippen LogP contribution < -0.4 is 27.2 Å². The molecule has 0 spiro atoms. The van der Waals surface area contributed by atoms with Crippen molar-refractivity contribution in [3.63, 3.8) is 0 Å². The van der Waals surface area contributed by atoms with Crippen LogP contribution >= 0.6 is 21.6 Å². The van der Waals surface area contributed by atoms with Crippen LogP contribution in [0.4, 0.5) is 16.4 Å². The first-order valence-corrected chi connectivity index (χ1v) is 23.8. The average Bonchev–Trinajstić information content (AvgIpc) is 3.64. The Kier molecular flexibility index (Phi) is 16.6. The second-order valence-corrected chi connectivity index (χ2v) is 18.6. The highest BCUT2D eigenvalue weighted by Crippen LogP contribution is 2.30. The number of benzene rings is 2. The average molecular weight is 958 g/mol. The Balaban J connectivity index is 0.907. The molecule has 8 N–H and O–H groups in total. The summed E-state index contributed by atoms with van der Waals surface area (Å²) in [6, 6.07) is 11.2. The standard InChI is InChI=1S/C44H51N11O10S2/c1-5-6-11-32-52-34-24(2)48-29-10-8-7-9-28(29)36(34)55(32)23-44(3,4)65-43(63)64-18-19-66-67-22-31(41(61)62)50-33(56)17-16-30(40(59)60)51-38(57)25-12-14-26(15-13-25)46-20-27-21-47-37-35(49-27)39(58)54-42(45)53-37/h7-10,12-15,21,30-31,46H,5-6,11,16-20,22-23H2,1-4H3,(H,50,56)(H,51,57)(H,59,60)(H,61,62)(H3,45,47,53,54,58). The summed E-state index contributed by atoms with van der Waals surface area (Å²) >= 11 is 0. The van der Waals surface area contributed by atoms with Crippen molar-refractivity contribution < 1.29 is 43.7 Å². The molecule has 6 rings (SSSR count). The zero-order valence-electron chi connectivity index (χ0n) is 37.2. The first kappa shape index (κ1) is 49.4. The Bertz CT molecular complexity index is 2840. The van der Waals surface area contributed by atoms with Gasteiger partial charge in [-0.2, -0.15) is 4.98 Å². The smallest absolute Gasteiger partial charge is 0.480 e. The number of carbonyl (C=O) groups excluding carboxylic acids is 3. The van der Waals surface area contributed by atoms with Crippen molar-refractivity contribution in [2.24, 2.45) is 0 Å². The number of aromatic amines is 1. The fraction of sp³-hybridized carbons (Fsp3) is 0.386. The highest BCUT2D eigenvalue weighted by molar-refractivity contribution is 8.76. The van der Waals surface area contributed by atoms with Gasteiger partial charge in [-0.15, -0.1) is 0 Å². The number of fused-ring (bicyclic) bond motifs is 4. The van der Waals surface area contributed by atoms with Crippen LogP contribution in [0, 0.1) is 6.92 Å². The lowest BCUT2D eigenvalue weighted by atomic mass is 10.1. The van der Waals surface area contributed by atoms with Gasteiger partial charge in [-0.25, -0.2) is 29.3 Å². The highest BCUT2D eigenvalue weighted by Gasteiger charge is 2.29. The largest absolute Gasteiger partial charge is 0.508 e. The number of carbonyl (C=O) groups is 5. The number of amides is 2. The summed E-state index contributed by atoms with van der Waals surface area (Å²) < 4.78 is 13.2. The van der Waals surface area contributed by atoms with Gasteiger partial charge in [0.2, 0.25) is 11.9 Å². The molecule has 0 aliphatic carbocycles. The van der Waals surface area contributed by atoms with E-state index in [4.69, 9.17) is 25.2 Å². The number of nitrogens with two attached hydrogens (primary N) is 1. The van der Waals surface area contributed by atoms with Gasteiger partial charge in [-0.05, 0) is 63.9 Å². The summed E-state index contributed by atoms with van der Waals surface area (Å²) in [6.45, 7) is 8.14. The van der Waals surface area contributed by atoms with Crippen LogP contribution in [-0.4, -0.2) is 110 Å². The zero-order chi connectivity index (χ0) is 48.3. The highest BCUT2D eigenvalue weighted by atomic mass is 33.1. The van der Waals surface area contributed by atoms with Crippen LogP contribution in [-0.2, 0) is 43.4 Å². The molecule has 354 valence electrons. The van der Waals surface area contributed by atoms with Crippen LogP contribution in [0.25, 0.3) is 33.1 Å². The van der Waals surface area contributed by atoms with Gasteiger partial charge in [0.05, 0.1) is 41.7 Å². The number of carboxylic acid groups (broad SMARTS) is 2. The van der Waals surface area contributed by atoms with Crippen molar-refractivity contribution in [1.29, 1.82) is 0 Å². The summed E-state index contributed by atoms with van der Waals surface area (Å²) in [4.78, 5) is 99.0. The number of aliphatic carboxylic acids is 2. The van der Waals surface area contributed by atoms with E-state index < -0.39 is 53.2 Å². The Labute approximate surface area is 391 Å². The minimum absolute atomic E-state index is 0.0217. The minimum atomic E-state index is -1.45. The van der Waals surface area contributed by atoms with Gasteiger partial charge >= 0.3 is 18.1 Å². The number of rotatable bonds is 23. The van der Waals surface area contributed by atoms with Crippen LogP contribution in [0.15, 0.2) is 59.5 Å². The molecule has 0 aliphatic heterocycles. The number of aromatic nitrogens is 7. The fourth-order valence-electron chi connectivity index (χ4n) is 6.93. The van der Waals surface area contributed by atoms with Crippen LogP contribution in [0.5, 0.6) is 0 Å². The van der Waals surface area contributed by atoms with E-state index in [-0.39, 0.29) is 54.4 Å². The molecule has 0 saturated carbocycles. The third-order valence-corrected chi connectivity index (χ3v) is 12.6. The van der Waals surface area contributed by atoms with E-state index in [0.717, 1.165) is 63.5 Å². The lowest BCUT2D eigenvalue weighted by Gasteiger charge is -2.26. The molecule has 6 aromatic rings. The number of pyridine rings is 1. The van der Waals surface area contributed by atoms with Crippen LogP contribution in [0.2, 0.25) is 0 Å². The summed E-state index contributed by atoms with van der Waals surface area (Å²) in [5, 5.41) is 28.4. The molecule has 0 bridgehead atoms. The fourth-order valence-corrected chi connectivity index (χ4v) is 8.91. The molecule has 0 aliphatic rings. The van der Waals surface area contributed by atoms with E-state index in [0.29, 0.717) is 23.7 Å². The number of ether oxygens (including phenoxy) is 2. The van der Waals surface area contributed by atoms with Gasteiger partial charge in [0.25, 0.3) is 11.5 Å². The van der Waals surface area contributed by atoms with E-state index in [2.05, 4.69) is 47.4 Å². The molecular weight excluding hydrogens is 907 g/mol. The minimum Gasteiger partial charge on any atom is -0.480 e. The van der Waals surface area contributed by atoms with E-state index in [1.54, 1.807) is 26.0 Å². The Morgan fingerprint density at radius 3 is 2.42 bits per heavy atom. The zero-order valence-corrected chi connectivity index (χ0v) is 38.8. The number of para-hydroxylation sites is 1. The predicted molar refractivity (Wildman–Crippen MR) is 254 cm³/mol. The SMILES string of the molecule is CCCCc1nc2c(C)nc3ccccc3c2n1CC(C)(C)OC(=O)OCCSSCC(NC(=O)CCC(NC(=O)c1ccc(NCc2cnc3nc(N)[nH]c(=O)c3n2)cc1)C(=O)O)C(=O)O. The number of H-pyrrole nitrogens is 1. The van der Waals surface area contributed by atoms with Gasteiger partial charge in [-0.3, -0.25) is 24.4 Å². The number of hydrogen-bond donors (Lipinski definition) is 7. The number of nitrogens with one attached hydrogen (secondary N) is 4. The summed E-state index contributed by atoms with van der Waals surface area (Å²) in [5.74, 6) is -3.04. The maximum atomic E-state index is 12.9.